The van der Waals surface area contributed by atoms with E-state index in [1.165, 1.54) is 0 Å². The lowest BCUT2D eigenvalue weighted by Gasteiger charge is -2.26. The highest BCUT2D eigenvalue weighted by Gasteiger charge is 2.26. The van der Waals surface area contributed by atoms with Gasteiger partial charge in [-0.25, -0.2) is 4.79 Å². The maximum atomic E-state index is 12.2. The highest BCUT2D eigenvalue weighted by Crippen LogP contribution is 2.14. The van der Waals surface area contributed by atoms with Gasteiger partial charge in [-0.3, -0.25) is 14.5 Å². The summed E-state index contributed by atoms with van der Waals surface area (Å²) in [7, 11) is 0. The summed E-state index contributed by atoms with van der Waals surface area (Å²) in [6.07, 6.45) is -0.835. The van der Waals surface area contributed by atoms with E-state index in [0.29, 0.717) is 5.56 Å². The summed E-state index contributed by atoms with van der Waals surface area (Å²) in [6, 6.07) is 6.66. The van der Waals surface area contributed by atoms with Gasteiger partial charge in [0.05, 0.1) is 6.54 Å². The van der Waals surface area contributed by atoms with E-state index in [4.69, 9.17) is 9.84 Å². The van der Waals surface area contributed by atoms with Gasteiger partial charge in [0, 0.05) is 10.0 Å². The number of nitrogens with zero attached hydrogens (tertiary/aromatic N) is 1. The van der Waals surface area contributed by atoms with Gasteiger partial charge in [-0.2, -0.15) is 0 Å². The largest absolute Gasteiger partial charge is 0.480 e. The maximum Gasteiger partial charge on any atom is 0.411 e. The molecule has 0 fully saturated rings. The lowest BCUT2D eigenvalue weighted by atomic mass is 10.1. The molecule has 1 aromatic rings. The molecule has 22 heavy (non-hydrogen) atoms. The van der Waals surface area contributed by atoms with E-state index in [2.05, 4.69) is 15.9 Å². The lowest BCUT2D eigenvalue weighted by Crippen LogP contribution is -2.42. The van der Waals surface area contributed by atoms with E-state index in [1.54, 1.807) is 45.0 Å². The van der Waals surface area contributed by atoms with E-state index in [9.17, 15) is 14.4 Å². The molecular formula is C15H18BrNO5. The summed E-state index contributed by atoms with van der Waals surface area (Å²) in [5.74, 6) is -1.58. The number of halogens is 1. The number of ketones is 1. The van der Waals surface area contributed by atoms with E-state index < -0.39 is 24.2 Å². The highest BCUT2D eigenvalue weighted by atomic mass is 79.9. The summed E-state index contributed by atoms with van der Waals surface area (Å²) in [4.78, 5) is 36.0. The van der Waals surface area contributed by atoms with Crippen LogP contribution in [0.25, 0.3) is 0 Å². The number of hydrogen-bond donors (Lipinski definition) is 1. The normalized spacial score (nSPS) is 10.9. The average Bonchev–Trinajstić information content (AvgIpc) is 2.35. The minimum Gasteiger partial charge on any atom is -0.480 e. The van der Waals surface area contributed by atoms with E-state index in [1.807, 2.05) is 0 Å². The van der Waals surface area contributed by atoms with Crippen molar-refractivity contribution in [1.82, 2.24) is 4.90 Å². The van der Waals surface area contributed by atoms with Crippen molar-refractivity contribution in [2.45, 2.75) is 26.4 Å². The number of carboxylic acids is 1. The number of carbonyl (C=O) groups excluding carboxylic acids is 2. The van der Waals surface area contributed by atoms with E-state index >= 15 is 0 Å². The van der Waals surface area contributed by atoms with Crippen molar-refractivity contribution >= 4 is 33.8 Å². The Bertz CT molecular complexity index is 580. The monoisotopic (exact) mass is 371 g/mol. The number of Topliss-reactive ketones (excluding diaryl/α,β-unsaturated/α-hetero) is 1. The molecule has 7 heteroatoms. The van der Waals surface area contributed by atoms with Gasteiger partial charge in [-0.1, -0.05) is 28.1 Å². The van der Waals surface area contributed by atoms with Crippen LogP contribution in [0.5, 0.6) is 0 Å². The Hall–Kier alpha value is -1.89. The van der Waals surface area contributed by atoms with Crippen LogP contribution < -0.4 is 0 Å². The zero-order valence-corrected chi connectivity index (χ0v) is 14.2. The molecule has 0 aliphatic rings. The third-order valence-electron chi connectivity index (χ3n) is 2.46. The van der Waals surface area contributed by atoms with Crippen LogP contribution in [0.1, 0.15) is 31.1 Å². The first-order valence-corrected chi connectivity index (χ1v) is 7.36. The Kier molecular flexibility index (Phi) is 6.11. The van der Waals surface area contributed by atoms with Crippen molar-refractivity contribution in [2.75, 3.05) is 13.1 Å². The number of benzene rings is 1. The molecule has 0 bridgehead atoms. The molecule has 0 atom stereocenters. The Morgan fingerprint density at radius 2 is 1.86 bits per heavy atom. The smallest absolute Gasteiger partial charge is 0.411 e. The molecule has 0 heterocycles. The van der Waals surface area contributed by atoms with Crippen molar-refractivity contribution in [3.63, 3.8) is 0 Å². The molecule has 0 unspecified atom stereocenters. The third-order valence-corrected chi connectivity index (χ3v) is 2.95. The van der Waals surface area contributed by atoms with Crippen LogP contribution in [0, 0.1) is 0 Å². The second-order valence-corrected chi connectivity index (χ2v) is 6.58. The Morgan fingerprint density at radius 1 is 1.23 bits per heavy atom. The molecule has 1 aromatic carbocycles. The van der Waals surface area contributed by atoms with Gasteiger partial charge in [-0.05, 0) is 32.9 Å². The summed E-state index contributed by atoms with van der Waals surface area (Å²) in [5.41, 5.74) is -0.388. The summed E-state index contributed by atoms with van der Waals surface area (Å²) >= 11 is 3.25. The van der Waals surface area contributed by atoms with Gasteiger partial charge in [0.25, 0.3) is 0 Å². The standard InChI is InChI=1S/C15H18BrNO5/c1-15(2,3)22-14(21)17(9-13(19)20)8-12(18)10-5-4-6-11(16)7-10/h4-7H,8-9H2,1-3H3,(H,19,20). The predicted octanol–water partition coefficient (Wildman–Crippen LogP) is 2.95. The van der Waals surface area contributed by atoms with Crippen molar-refractivity contribution in [3.8, 4) is 0 Å². The van der Waals surface area contributed by atoms with Gasteiger partial charge < -0.3 is 9.84 Å². The first-order valence-electron chi connectivity index (χ1n) is 6.57. The quantitative estimate of drug-likeness (QED) is 0.804. The van der Waals surface area contributed by atoms with Crippen molar-refractivity contribution in [2.24, 2.45) is 0 Å². The first kappa shape index (κ1) is 18.2. The minimum atomic E-state index is -1.21. The molecular weight excluding hydrogens is 354 g/mol. The lowest BCUT2D eigenvalue weighted by molar-refractivity contribution is -0.138. The fourth-order valence-electron chi connectivity index (χ4n) is 1.60. The number of ether oxygens (including phenoxy) is 1. The molecule has 0 aliphatic heterocycles. The van der Waals surface area contributed by atoms with E-state index in [0.717, 1.165) is 9.37 Å². The number of amides is 1. The maximum absolute atomic E-state index is 12.2. The predicted molar refractivity (Wildman–Crippen MR) is 83.9 cm³/mol. The van der Waals surface area contributed by atoms with Crippen LogP contribution >= 0.6 is 15.9 Å². The fourth-order valence-corrected chi connectivity index (χ4v) is 2.00. The van der Waals surface area contributed by atoms with Gasteiger partial charge in [0.2, 0.25) is 0 Å². The van der Waals surface area contributed by atoms with Gasteiger partial charge in [0.1, 0.15) is 12.1 Å². The molecule has 1 rings (SSSR count). The van der Waals surface area contributed by atoms with Crippen LogP contribution in [0.3, 0.4) is 0 Å². The molecule has 6 nitrogen and oxygen atoms in total. The van der Waals surface area contributed by atoms with Crippen molar-refractivity contribution < 1.29 is 24.2 Å². The minimum absolute atomic E-state index is 0.363. The van der Waals surface area contributed by atoms with Crippen LogP contribution in [0.4, 0.5) is 4.79 Å². The highest BCUT2D eigenvalue weighted by molar-refractivity contribution is 9.10. The number of aliphatic carboxylic acids is 1. The van der Waals surface area contributed by atoms with Crippen molar-refractivity contribution in [1.29, 1.82) is 0 Å². The molecule has 0 aliphatic carbocycles. The average molecular weight is 372 g/mol. The SMILES string of the molecule is CC(C)(C)OC(=O)N(CC(=O)O)CC(=O)c1cccc(Br)c1. The molecule has 0 saturated carbocycles. The van der Waals surface area contributed by atoms with Crippen LogP contribution in [-0.2, 0) is 9.53 Å². The van der Waals surface area contributed by atoms with Crippen LogP contribution in [0.2, 0.25) is 0 Å². The molecule has 1 amide bonds. The number of carboxylic acid groups (broad SMARTS) is 1. The molecule has 0 spiro atoms. The summed E-state index contributed by atoms with van der Waals surface area (Å²) < 4.78 is 5.85. The Morgan fingerprint density at radius 3 is 2.36 bits per heavy atom. The zero-order valence-electron chi connectivity index (χ0n) is 12.6. The number of carbonyl (C=O) groups is 3. The zero-order chi connectivity index (χ0) is 16.9. The summed E-state index contributed by atoms with van der Waals surface area (Å²) in [6.45, 7) is 4.03. The van der Waals surface area contributed by atoms with Crippen molar-refractivity contribution in [3.05, 3.63) is 34.3 Å². The second kappa shape index (κ2) is 7.40. The fraction of sp³-hybridized carbons (Fsp3) is 0.400. The number of hydrogen-bond acceptors (Lipinski definition) is 4. The van der Waals surface area contributed by atoms with Crippen LogP contribution in [-0.4, -0.2) is 46.5 Å². The van der Waals surface area contributed by atoms with Gasteiger partial charge in [-0.15, -0.1) is 0 Å². The molecule has 1 N–H and O–H groups in total. The molecule has 0 saturated heterocycles. The van der Waals surface area contributed by atoms with Gasteiger partial charge >= 0.3 is 12.1 Å². The first-order chi connectivity index (χ1) is 10.1. The van der Waals surface area contributed by atoms with E-state index in [-0.39, 0.29) is 12.3 Å². The summed E-state index contributed by atoms with van der Waals surface area (Å²) in [5, 5.41) is 8.89. The topological polar surface area (TPSA) is 83.9 Å². The Balaban J connectivity index is 2.87. The van der Waals surface area contributed by atoms with Crippen LogP contribution in [0.15, 0.2) is 28.7 Å². The van der Waals surface area contributed by atoms with Gasteiger partial charge in [0.15, 0.2) is 5.78 Å². The number of rotatable bonds is 5. The third kappa shape index (κ3) is 6.26. The molecule has 0 radical (unpaired) electrons. The molecule has 120 valence electrons. The molecule has 0 aromatic heterocycles. The second-order valence-electron chi connectivity index (χ2n) is 5.66. The Labute approximate surface area is 137 Å².